The summed E-state index contributed by atoms with van der Waals surface area (Å²) in [7, 11) is -2.97. The third-order valence-electron chi connectivity index (χ3n) is 3.25. The highest BCUT2D eigenvalue weighted by molar-refractivity contribution is 7.92. The standard InChI is InChI=1S/C13H26O3S/c1-3-5-6-7-8-9-11-17(14,15)13-12(16-13)10-4-2/h12-13H,3-11H2,1-2H3/t12-,13-/m0/s1. The first-order chi connectivity index (χ1) is 8.11. The van der Waals surface area contributed by atoms with Gasteiger partial charge in [-0.05, 0) is 12.8 Å². The van der Waals surface area contributed by atoms with Gasteiger partial charge in [-0.1, -0.05) is 52.4 Å². The molecule has 1 aliphatic rings. The monoisotopic (exact) mass is 262 g/mol. The molecular weight excluding hydrogens is 236 g/mol. The molecule has 1 rings (SSSR count). The summed E-state index contributed by atoms with van der Waals surface area (Å²) in [5.74, 6) is 0.310. The molecule has 1 fully saturated rings. The minimum Gasteiger partial charge on any atom is -0.352 e. The minimum atomic E-state index is -2.97. The summed E-state index contributed by atoms with van der Waals surface area (Å²) < 4.78 is 28.9. The van der Waals surface area contributed by atoms with Gasteiger partial charge in [0.1, 0.15) is 0 Å². The van der Waals surface area contributed by atoms with E-state index in [1.807, 2.05) is 0 Å². The van der Waals surface area contributed by atoms with Crippen molar-refractivity contribution in [3.8, 4) is 0 Å². The second kappa shape index (κ2) is 7.37. The molecule has 102 valence electrons. The fourth-order valence-electron chi connectivity index (χ4n) is 2.13. The Hall–Kier alpha value is -0.0900. The van der Waals surface area contributed by atoms with Crippen molar-refractivity contribution < 1.29 is 13.2 Å². The fourth-order valence-corrected chi connectivity index (χ4v) is 3.88. The van der Waals surface area contributed by atoms with Crippen LogP contribution in [0.1, 0.15) is 65.2 Å². The third-order valence-corrected chi connectivity index (χ3v) is 5.23. The fraction of sp³-hybridized carbons (Fsp3) is 1.00. The summed E-state index contributed by atoms with van der Waals surface area (Å²) in [5.41, 5.74) is -0.474. The summed E-state index contributed by atoms with van der Waals surface area (Å²) in [4.78, 5) is 0. The van der Waals surface area contributed by atoms with Crippen LogP contribution in [0, 0.1) is 0 Å². The van der Waals surface area contributed by atoms with E-state index in [2.05, 4.69) is 13.8 Å². The van der Waals surface area contributed by atoms with E-state index < -0.39 is 15.3 Å². The molecule has 2 atom stereocenters. The second-order valence-electron chi connectivity index (χ2n) is 4.97. The van der Waals surface area contributed by atoms with Gasteiger partial charge in [0.15, 0.2) is 15.3 Å². The molecule has 0 aromatic carbocycles. The van der Waals surface area contributed by atoms with Crippen LogP contribution < -0.4 is 0 Å². The predicted molar refractivity (Wildman–Crippen MR) is 70.7 cm³/mol. The van der Waals surface area contributed by atoms with Gasteiger partial charge in [0.25, 0.3) is 0 Å². The summed E-state index contributed by atoms with van der Waals surface area (Å²) in [6, 6.07) is 0. The topological polar surface area (TPSA) is 46.7 Å². The van der Waals surface area contributed by atoms with Crippen LogP contribution in [0.4, 0.5) is 0 Å². The number of rotatable bonds is 10. The number of sulfone groups is 1. The molecule has 0 bridgehead atoms. The Balaban J connectivity index is 2.10. The quantitative estimate of drug-likeness (QED) is 0.448. The maximum Gasteiger partial charge on any atom is 0.185 e. The first-order valence-electron chi connectivity index (χ1n) is 6.98. The normalized spacial score (nSPS) is 23.9. The second-order valence-corrected chi connectivity index (χ2v) is 7.16. The molecule has 17 heavy (non-hydrogen) atoms. The van der Waals surface area contributed by atoms with Crippen LogP contribution in [0.25, 0.3) is 0 Å². The van der Waals surface area contributed by atoms with Gasteiger partial charge in [0.2, 0.25) is 0 Å². The lowest BCUT2D eigenvalue weighted by Crippen LogP contribution is -2.15. The van der Waals surface area contributed by atoms with E-state index in [0.717, 1.165) is 32.1 Å². The van der Waals surface area contributed by atoms with Gasteiger partial charge < -0.3 is 4.74 Å². The van der Waals surface area contributed by atoms with Crippen molar-refractivity contribution in [2.75, 3.05) is 5.75 Å². The molecule has 0 N–H and O–H groups in total. The van der Waals surface area contributed by atoms with Crippen LogP contribution in [0.5, 0.6) is 0 Å². The van der Waals surface area contributed by atoms with Gasteiger partial charge in [-0.25, -0.2) is 8.42 Å². The Morgan fingerprint density at radius 2 is 1.59 bits per heavy atom. The van der Waals surface area contributed by atoms with Crippen LogP contribution in [0.2, 0.25) is 0 Å². The van der Waals surface area contributed by atoms with E-state index >= 15 is 0 Å². The number of hydrogen-bond acceptors (Lipinski definition) is 3. The number of ether oxygens (including phenoxy) is 1. The van der Waals surface area contributed by atoms with Crippen molar-refractivity contribution in [2.24, 2.45) is 0 Å². The van der Waals surface area contributed by atoms with Crippen LogP contribution in [0.15, 0.2) is 0 Å². The van der Waals surface area contributed by atoms with Gasteiger partial charge in [-0.15, -0.1) is 0 Å². The molecule has 4 heteroatoms. The molecule has 0 spiro atoms. The van der Waals surface area contributed by atoms with Crippen LogP contribution >= 0.6 is 0 Å². The van der Waals surface area contributed by atoms with Crippen molar-refractivity contribution in [2.45, 2.75) is 76.8 Å². The summed E-state index contributed by atoms with van der Waals surface area (Å²) in [6.07, 6.45) is 8.57. The van der Waals surface area contributed by atoms with E-state index in [-0.39, 0.29) is 6.10 Å². The molecule has 0 amide bonds. The van der Waals surface area contributed by atoms with Gasteiger partial charge >= 0.3 is 0 Å². The Labute approximate surface area is 106 Å². The first kappa shape index (κ1) is 15.0. The number of epoxide rings is 1. The van der Waals surface area contributed by atoms with E-state index in [1.165, 1.54) is 19.3 Å². The average Bonchev–Trinajstić information content (AvgIpc) is 3.04. The van der Waals surface area contributed by atoms with Crippen LogP contribution in [-0.4, -0.2) is 25.7 Å². The Morgan fingerprint density at radius 3 is 2.24 bits per heavy atom. The molecule has 0 aromatic heterocycles. The Bertz CT molecular complexity index is 298. The van der Waals surface area contributed by atoms with Crippen molar-refractivity contribution in [3.63, 3.8) is 0 Å². The van der Waals surface area contributed by atoms with Gasteiger partial charge in [0, 0.05) is 0 Å². The molecule has 0 aliphatic carbocycles. The lowest BCUT2D eigenvalue weighted by atomic mass is 10.1. The molecule has 0 aromatic rings. The zero-order chi connectivity index (χ0) is 12.7. The van der Waals surface area contributed by atoms with Gasteiger partial charge in [-0.2, -0.15) is 0 Å². The average molecular weight is 262 g/mol. The van der Waals surface area contributed by atoms with Crippen LogP contribution in [-0.2, 0) is 14.6 Å². The largest absolute Gasteiger partial charge is 0.352 e. The Kier molecular flexibility index (Phi) is 6.49. The minimum absolute atomic E-state index is 0.00917. The van der Waals surface area contributed by atoms with Crippen molar-refractivity contribution in [1.29, 1.82) is 0 Å². The zero-order valence-electron chi connectivity index (χ0n) is 11.2. The molecule has 1 saturated heterocycles. The van der Waals surface area contributed by atoms with E-state index in [1.54, 1.807) is 0 Å². The van der Waals surface area contributed by atoms with Gasteiger partial charge in [-0.3, -0.25) is 0 Å². The number of unbranched alkanes of at least 4 members (excludes halogenated alkanes) is 5. The van der Waals surface area contributed by atoms with Gasteiger partial charge in [0.05, 0.1) is 11.9 Å². The molecule has 1 heterocycles. The maximum atomic E-state index is 11.8. The highest BCUT2D eigenvalue weighted by Crippen LogP contribution is 2.32. The van der Waals surface area contributed by atoms with Crippen molar-refractivity contribution >= 4 is 9.84 Å². The summed E-state index contributed by atoms with van der Waals surface area (Å²) >= 11 is 0. The summed E-state index contributed by atoms with van der Waals surface area (Å²) in [6.45, 7) is 4.24. The van der Waals surface area contributed by atoms with E-state index in [9.17, 15) is 8.42 Å². The predicted octanol–water partition coefficient (Wildman–Crippen LogP) is 3.29. The molecule has 0 saturated carbocycles. The van der Waals surface area contributed by atoms with Crippen molar-refractivity contribution in [3.05, 3.63) is 0 Å². The zero-order valence-corrected chi connectivity index (χ0v) is 12.0. The van der Waals surface area contributed by atoms with E-state index in [0.29, 0.717) is 5.75 Å². The highest BCUT2D eigenvalue weighted by atomic mass is 32.2. The summed E-state index contributed by atoms with van der Waals surface area (Å²) in [5, 5.41) is 0. The smallest absolute Gasteiger partial charge is 0.185 e. The maximum absolute atomic E-state index is 11.8. The lowest BCUT2D eigenvalue weighted by Gasteiger charge is -2.01. The molecule has 1 aliphatic heterocycles. The molecule has 3 nitrogen and oxygen atoms in total. The first-order valence-corrected chi connectivity index (χ1v) is 8.70. The van der Waals surface area contributed by atoms with Crippen molar-refractivity contribution in [1.82, 2.24) is 0 Å². The highest BCUT2D eigenvalue weighted by Gasteiger charge is 2.47. The SMILES string of the molecule is CCCCCCCCS(=O)(=O)[C@@H]1O[C@H]1CCC. The number of hydrogen-bond donors (Lipinski definition) is 0. The molecule has 0 radical (unpaired) electrons. The third kappa shape index (κ3) is 5.38. The van der Waals surface area contributed by atoms with E-state index in [4.69, 9.17) is 4.74 Å². The van der Waals surface area contributed by atoms with Crippen LogP contribution in [0.3, 0.4) is 0 Å². The molecule has 0 unspecified atom stereocenters. The molecular formula is C13H26O3S. The Morgan fingerprint density at radius 1 is 0.941 bits per heavy atom. The lowest BCUT2D eigenvalue weighted by molar-refractivity contribution is 0.382.